The van der Waals surface area contributed by atoms with Gasteiger partial charge in [0, 0.05) is 25.5 Å². The molecule has 4 heterocycles. The van der Waals surface area contributed by atoms with E-state index in [2.05, 4.69) is 19.9 Å². The lowest BCUT2D eigenvalue weighted by molar-refractivity contribution is 0.122. The SMILES string of the molecule is Nc1ncc(-c2nc(N3CCOCC3)c3sc(N)cc3n2)cn1. The number of anilines is 3. The van der Waals surface area contributed by atoms with Crippen molar-refractivity contribution >= 4 is 38.3 Å². The van der Waals surface area contributed by atoms with Gasteiger partial charge in [0.05, 0.1) is 34.0 Å². The number of fused-ring (bicyclic) bond motifs is 1. The normalized spacial score (nSPS) is 15.2. The number of rotatable bonds is 2. The number of nitrogens with two attached hydrogens (primary N) is 2. The van der Waals surface area contributed by atoms with E-state index in [4.69, 9.17) is 21.2 Å². The molecule has 0 saturated carbocycles. The molecule has 23 heavy (non-hydrogen) atoms. The Bertz CT molecular complexity index is 842. The number of aromatic nitrogens is 4. The van der Waals surface area contributed by atoms with Crippen LogP contribution in [0.1, 0.15) is 0 Å². The van der Waals surface area contributed by atoms with Gasteiger partial charge in [-0.15, -0.1) is 11.3 Å². The number of nitrogen functional groups attached to an aromatic ring is 2. The van der Waals surface area contributed by atoms with Gasteiger partial charge < -0.3 is 21.1 Å². The van der Waals surface area contributed by atoms with Crippen LogP contribution in [0.25, 0.3) is 21.6 Å². The molecule has 0 bridgehead atoms. The van der Waals surface area contributed by atoms with Crippen LogP contribution in [0.2, 0.25) is 0 Å². The van der Waals surface area contributed by atoms with Crippen molar-refractivity contribution in [1.82, 2.24) is 19.9 Å². The summed E-state index contributed by atoms with van der Waals surface area (Å²) in [6.07, 6.45) is 3.25. The first-order valence-electron chi connectivity index (χ1n) is 7.18. The number of morpholine rings is 1. The molecule has 1 aliphatic rings. The molecule has 3 aromatic rings. The Labute approximate surface area is 136 Å². The van der Waals surface area contributed by atoms with Crippen LogP contribution in [0.5, 0.6) is 0 Å². The van der Waals surface area contributed by atoms with Crippen molar-refractivity contribution in [3.63, 3.8) is 0 Å². The van der Waals surface area contributed by atoms with Crippen LogP contribution in [0, 0.1) is 0 Å². The molecule has 1 saturated heterocycles. The lowest BCUT2D eigenvalue weighted by atomic mass is 10.3. The standard InChI is InChI=1S/C14H15N7OS/c15-10-5-9-11(23-10)13(21-1-3-22-4-2-21)20-12(19-9)8-6-17-14(16)18-7-8/h5-7H,1-4,15H2,(H2,16,17,18). The Morgan fingerprint density at radius 1 is 1.09 bits per heavy atom. The van der Waals surface area contributed by atoms with Gasteiger partial charge in [-0.2, -0.15) is 0 Å². The van der Waals surface area contributed by atoms with Gasteiger partial charge in [-0.25, -0.2) is 19.9 Å². The molecule has 0 aromatic carbocycles. The molecular formula is C14H15N7OS. The molecule has 4 rings (SSSR count). The minimum absolute atomic E-state index is 0.225. The van der Waals surface area contributed by atoms with Gasteiger partial charge in [-0.1, -0.05) is 0 Å². The van der Waals surface area contributed by atoms with Crippen molar-refractivity contribution in [2.45, 2.75) is 0 Å². The lowest BCUT2D eigenvalue weighted by Crippen LogP contribution is -2.36. The molecule has 118 valence electrons. The fourth-order valence-electron chi connectivity index (χ4n) is 2.51. The summed E-state index contributed by atoms with van der Waals surface area (Å²) in [6.45, 7) is 2.96. The van der Waals surface area contributed by atoms with Gasteiger partial charge in [0.1, 0.15) is 0 Å². The van der Waals surface area contributed by atoms with E-state index in [9.17, 15) is 0 Å². The van der Waals surface area contributed by atoms with Gasteiger partial charge >= 0.3 is 0 Å². The van der Waals surface area contributed by atoms with Crippen molar-refractivity contribution in [2.75, 3.05) is 42.7 Å². The third kappa shape index (κ3) is 2.64. The Hall–Kier alpha value is -2.52. The smallest absolute Gasteiger partial charge is 0.219 e. The molecule has 4 N–H and O–H groups in total. The van der Waals surface area contributed by atoms with E-state index in [-0.39, 0.29) is 5.95 Å². The molecule has 0 radical (unpaired) electrons. The summed E-state index contributed by atoms with van der Waals surface area (Å²) < 4.78 is 6.42. The Kier molecular flexibility index (Phi) is 3.43. The van der Waals surface area contributed by atoms with Crippen LogP contribution in [-0.4, -0.2) is 46.2 Å². The summed E-state index contributed by atoms with van der Waals surface area (Å²) in [5.74, 6) is 1.67. The monoisotopic (exact) mass is 329 g/mol. The van der Waals surface area contributed by atoms with Crippen molar-refractivity contribution in [2.24, 2.45) is 0 Å². The summed E-state index contributed by atoms with van der Waals surface area (Å²) >= 11 is 1.50. The zero-order chi connectivity index (χ0) is 15.8. The maximum absolute atomic E-state index is 5.96. The average Bonchev–Trinajstić information content (AvgIpc) is 2.95. The molecule has 3 aromatic heterocycles. The second-order valence-corrected chi connectivity index (χ2v) is 6.25. The average molecular weight is 329 g/mol. The first-order valence-corrected chi connectivity index (χ1v) is 8.00. The minimum Gasteiger partial charge on any atom is -0.391 e. The highest BCUT2D eigenvalue weighted by Gasteiger charge is 2.19. The van der Waals surface area contributed by atoms with Crippen LogP contribution in [0.3, 0.4) is 0 Å². The molecule has 1 fully saturated rings. The van der Waals surface area contributed by atoms with Crippen LogP contribution in [-0.2, 0) is 4.74 Å². The van der Waals surface area contributed by atoms with E-state index < -0.39 is 0 Å². The highest BCUT2D eigenvalue weighted by atomic mass is 32.1. The third-order valence-electron chi connectivity index (χ3n) is 3.61. The number of thiophene rings is 1. The molecule has 1 aliphatic heterocycles. The number of ether oxygens (including phenoxy) is 1. The number of hydrogen-bond donors (Lipinski definition) is 2. The fraction of sp³-hybridized carbons (Fsp3) is 0.286. The maximum atomic E-state index is 5.96. The van der Waals surface area contributed by atoms with Gasteiger partial charge in [-0.05, 0) is 6.07 Å². The van der Waals surface area contributed by atoms with E-state index in [1.807, 2.05) is 6.07 Å². The summed E-state index contributed by atoms with van der Waals surface area (Å²) in [5.41, 5.74) is 13.1. The number of hydrogen-bond acceptors (Lipinski definition) is 9. The zero-order valence-corrected chi connectivity index (χ0v) is 13.1. The minimum atomic E-state index is 0.225. The van der Waals surface area contributed by atoms with E-state index in [1.54, 1.807) is 12.4 Å². The van der Waals surface area contributed by atoms with Gasteiger partial charge in [-0.3, -0.25) is 0 Å². The van der Waals surface area contributed by atoms with Crippen LogP contribution < -0.4 is 16.4 Å². The first-order chi connectivity index (χ1) is 11.2. The fourth-order valence-corrected chi connectivity index (χ4v) is 3.39. The van der Waals surface area contributed by atoms with Crippen molar-refractivity contribution in [1.29, 1.82) is 0 Å². The van der Waals surface area contributed by atoms with Crippen LogP contribution >= 0.6 is 11.3 Å². The molecule has 9 heteroatoms. The lowest BCUT2D eigenvalue weighted by Gasteiger charge is -2.28. The Morgan fingerprint density at radius 3 is 2.57 bits per heavy atom. The van der Waals surface area contributed by atoms with Crippen LogP contribution in [0.4, 0.5) is 16.8 Å². The second kappa shape index (κ2) is 5.60. The van der Waals surface area contributed by atoms with Gasteiger partial charge in [0.25, 0.3) is 0 Å². The largest absolute Gasteiger partial charge is 0.391 e. The Balaban J connectivity index is 1.87. The summed E-state index contributed by atoms with van der Waals surface area (Å²) in [5, 5.41) is 0.717. The van der Waals surface area contributed by atoms with E-state index in [1.165, 1.54) is 11.3 Å². The molecule has 0 aliphatic carbocycles. The third-order valence-corrected chi connectivity index (χ3v) is 4.56. The molecule has 0 unspecified atom stereocenters. The molecule has 0 amide bonds. The van der Waals surface area contributed by atoms with Crippen molar-refractivity contribution in [3.05, 3.63) is 18.5 Å². The first kappa shape index (κ1) is 14.1. The quantitative estimate of drug-likeness (QED) is 0.719. The zero-order valence-electron chi connectivity index (χ0n) is 12.3. The van der Waals surface area contributed by atoms with Crippen LogP contribution in [0.15, 0.2) is 18.5 Å². The highest BCUT2D eigenvalue weighted by molar-refractivity contribution is 7.23. The predicted molar refractivity (Wildman–Crippen MR) is 90.3 cm³/mol. The molecule has 0 spiro atoms. The number of nitrogens with zero attached hydrogens (tertiary/aromatic N) is 5. The van der Waals surface area contributed by atoms with Gasteiger partial charge in [0.15, 0.2) is 11.6 Å². The predicted octanol–water partition coefficient (Wildman–Crippen LogP) is 1.15. The van der Waals surface area contributed by atoms with Crippen molar-refractivity contribution < 1.29 is 4.74 Å². The molecule has 8 nitrogen and oxygen atoms in total. The van der Waals surface area contributed by atoms with E-state index >= 15 is 0 Å². The van der Waals surface area contributed by atoms with Crippen molar-refractivity contribution in [3.8, 4) is 11.4 Å². The summed E-state index contributed by atoms with van der Waals surface area (Å²) in [4.78, 5) is 19.6. The molecule has 0 atom stereocenters. The van der Waals surface area contributed by atoms with Gasteiger partial charge in [0.2, 0.25) is 5.95 Å². The summed E-state index contributed by atoms with van der Waals surface area (Å²) in [6, 6.07) is 1.87. The highest BCUT2D eigenvalue weighted by Crippen LogP contribution is 2.35. The molecular weight excluding hydrogens is 314 g/mol. The second-order valence-electron chi connectivity index (χ2n) is 5.16. The maximum Gasteiger partial charge on any atom is 0.219 e. The Morgan fingerprint density at radius 2 is 1.83 bits per heavy atom. The van der Waals surface area contributed by atoms with E-state index in [0.29, 0.717) is 19.0 Å². The summed E-state index contributed by atoms with van der Waals surface area (Å²) in [7, 11) is 0. The van der Waals surface area contributed by atoms with E-state index in [0.717, 1.165) is 39.7 Å². The topological polar surface area (TPSA) is 116 Å².